The summed E-state index contributed by atoms with van der Waals surface area (Å²) in [6.07, 6.45) is 9.97. The van der Waals surface area contributed by atoms with E-state index < -0.39 is 5.97 Å². The average Bonchev–Trinajstić information content (AvgIpc) is 3.23. The normalized spacial score (nSPS) is 10.6. The molecule has 0 saturated carbocycles. The second-order valence-corrected chi connectivity index (χ2v) is 26.2. The molecule has 0 aliphatic heterocycles. The topological polar surface area (TPSA) is 74.6 Å². The highest BCUT2D eigenvalue weighted by Gasteiger charge is 2.03. The van der Waals surface area contributed by atoms with Gasteiger partial charge in [-0.05, 0) is 136 Å². The number of rotatable bonds is 11. The highest BCUT2D eigenvalue weighted by atomic mass is 19.1. The third kappa shape index (κ3) is 57.4. The third-order valence-electron chi connectivity index (χ3n) is 12.8. The molecule has 0 heterocycles. The fraction of sp³-hybridized carbons (Fsp3) is 0.512. The number of carbonyl (C=O) groups excluding carboxylic acids is 1. The second-order valence-electron chi connectivity index (χ2n) is 26.2. The summed E-state index contributed by atoms with van der Waals surface area (Å²) < 4.78 is 12.4. The Balaban J connectivity index is -0.000000291. The van der Waals surface area contributed by atoms with Crippen molar-refractivity contribution in [1.29, 1.82) is 0 Å². The second kappa shape index (κ2) is 55.2. The Kier molecular flexibility index (Phi) is 56.9. The van der Waals surface area contributed by atoms with E-state index in [4.69, 9.17) is 16.6 Å². The first-order valence-electron chi connectivity index (χ1n) is 32.3. The van der Waals surface area contributed by atoms with Gasteiger partial charge in [-0.3, -0.25) is 9.59 Å². The smallest absolute Gasteiger partial charge is 0.305 e. The van der Waals surface area contributed by atoms with Crippen molar-refractivity contribution in [3.8, 4) is 23.5 Å². The predicted octanol–water partition coefficient (Wildman–Crippen LogP) is 25.0. The maximum Gasteiger partial charge on any atom is 0.305 e. The third-order valence-corrected chi connectivity index (χ3v) is 12.8. The molecule has 4 nitrogen and oxygen atoms in total. The van der Waals surface area contributed by atoms with Crippen LogP contribution in [-0.4, -0.2) is 28.1 Å². The first kappa shape index (κ1) is 89.7. The van der Waals surface area contributed by atoms with Gasteiger partial charge in [0.1, 0.15) is 11.6 Å². The minimum atomic E-state index is -0.741. The number of halogens is 1. The van der Waals surface area contributed by atoms with Gasteiger partial charge >= 0.3 is 5.97 Å². The Hall–Kier alpha value is -6.09. The molecule has 488 valence electrons. The maximum absolute atomic E-state index is 12.4. The molecular weight excluding hydrogens is 1070 g/mol. The highest BCUT2D eigenvalue weighted by Crippen LogP contribution is 2.23. The van der Waals surface area contributed by atoms with Crippen molar-refractivity contribution in [2.45, 2.75) is 230 Å². The lowest BCUT2D eigenvalue weighted by Gasteiger charge is -2.06. The van der Waals surface area contributed by atoms with Gasteiger partial charge in [-0.15, -0.1) is 12.3 Å². The number of aliphatic hydroxyl groups excluding tert-OH is 1. The van der Waals surface area contributed by atoms with Crippen molar-refractivity contribution in [1.82, 2.24) is 0 Å². The fourth-order valence-electron chi connectivity index (χ4n) is 5.56. The van der Waals surface area contributed by atoms with Gasteiger partial charge in [0, 0.05) is 12.3 Å². The van der Waals surface area contributed by atoms with Gasteiger partial charge in [-0.25, -0.2) is 4.39 Å². The number of terminal acetylenes is 1. The summed E-state index contributed by atoms with van der Waals surface area (Å²) in [7, 11) is 0. The molecule has 0 radical (unpaired) electrons. The SMILES string of the molecule is C#CCC(C)C.C/C=C/C(C)C.CC(=O)C(C)C.CC(C)C.CC(C)C(=O)O.CC(C)C(C)C.CC(C)C(C)O.CC(C)c1ccc(-c2ccccc2)cc1.CC(C)c1ccc(F)cc1.CC(C)c1ccc2ccccc2c1.CC(C)c1ccccc1. The van der Waals surface area contributed by atoms with Crippen LogP contribution in [-0.2, 0) is 9.59 Å². The molecule has 0 aliphatic carbocycles. The maximum atomic E-state index is 12.4. The van der Waals surface area contributed by atoms with Crippen LogP contribution in [0.1, 0.15) is 246 Å². The average molecular weight is 1200 g/mol. The van der Waals surface area contributed by atoms with Crippen molar-refractivity contribution < 1.29 is 24.2 Å². The lowest BCUT2D eigenvalue weighted by molar-refractivity contribution is -0.140. The number of allylic oxidation sites excluding steroid dienone is 2. The fourth-order valence-corrected chi connectivity index (χ4v) is 5.56. The summed E-state index contributed by atoms with van der Waals surface area (Å²) in [5, 5.41) is 19.3. The monoisotopic (exact) mass is 1200 g/mol. The number of aliphatic hydroxyl groups is 1. The summed E-state index contributed by atoms with van der Waals surface area (Å²) in [4.78, 5) is 19.8. The number of hydrogen-bond acceptors (Lipinski definition) is 3. The van der Waals surface area contributed by atoms with E-state index in [1.54, 1.807) is 27.7 Å². The molecule has 6 aromatic carbocycles. The van der Waals surface area contributed by atoms with E-state index in [2.05, 4.69) is 265 Å². The van der Waals surface area contributed by atoms with Crippen LogP contribution in [0.25, 0.3) is 21.9 Å². The van der Waals surface area contributed by atoms with Gasteiger partial charge in [0.05, 0.1) is 12.0 Å². The lowest BCUT2D eigenvalue weighted by atomic mass is 9.99. The quantitative estimate of drug-likeness (QED) is 0.100. The van der Waals surface area contributed by atoms with Crippen LogP contribution >= 0.6 is 0 Å². The molecule has 6 rings (SSSR count). The Bertz CT molecular complexity index is 2530. The minimum Gasteiger partial charge on any atom is -0.481 e. The summed E-state index contributed by atoms with van der Waals surface area (Å²) >= 11 is 0. The molecule has 0 spiro atoms. The first-order chi connectivity index (χ1) is 40.4. The number of aliphatic carboxylic acids is 1. The molecule has 1 atom stereocenters. The van der Waals surface area contributed by atoms with E-state index >= 15 is 0 Å². The van der Waals surface area contributed by atoms with Crippen LogP contribution in [0.4, 0.5) is 4.39 Å². The molecule has 0 saturated heterocycles. The van der Waals surface area contributed by atoms with Crippen LogP contribution in [0.5, 0.6) is 0 Å². The molecule has 0 aromatic heterocycles. The van der Waals surface area contributed by atoms with Gasteiger partial charge in [-0.1, -0.05) is 325 Å². The molecule has 2 N–H and O–H groups in total. The van der Waals surface area contributed by atoms with E-state index in [0.717, 1.165) is 30.1 Å². The van der Waals surface area contributed by atoms with Crippen LogP contribution in [0, 0.1) is 65.5 Å². The van der Waals surface area contributed by atoms with E-state index in [1.165, 1.54) is 56.3 Å². The van der Waals surface area contributed by atoms with E-state index in [9.17, 15) is 14.0 Å². The number of carbonyl (C=O) groups is 2. The van der Waals surface area contributed by atoms with Gasteiger partial charge in [0.15, 0.2) is 0 Å². The summed E-state index contributed by atoms with van der Waals surface area (Å²) in [6.45, 7) is 58.0. The standard InChI is InChI=1S/C15H16.C13H14.C9H11F.C9H12.C6H14.C6H12.C6H10.C5H12O.C5H10O.C4H8O2.C4H10/c1-12(2)13-8-10-15(11-9-13)14-6-4-3-5-7-14;1-10(2)12-8-7-11-5-3-4-6-13(11)9-12;1-7(2)8-3-5-9(10)6-4-8;1-8(2)9-6-4-3-5-7-9;1-5(2)6(3)4;2*1-4-5-6(2)3;2*1-4(2)5(3)6;1-3(2)4(5)6;1-4(2)3/h3-12H,1-2H3;3-10H,1-2H3;3-7H,1-2H3;3-8H,1-2H3;5-6H,1-4H3;4-6H,1-3H3;1,6H,5H2,2-3H3;4-6H,1-3H3;4H,1-3H3;3H,1-2H3,(H,5,6);4H,1-3H3/b;;;;;5-4+;;;;;. The minimum absolute atomic E-state index is 0.148. The number of carboxylic acids is 1. The highest BCUT2D eigenvalue weighted by molar-refractivity contribution is 5.83. The molecule has 0 amide bonds. The summed E-state index contributed by atoms with van der Waals surface area (Å²) in [6, 6.07) is 51.6. The van der Waals surface area contributed by atoms with Crippen molar-refractivity contribution in [3.05, 3.63) is 192 Å². The molecule has 6 aromatic rings. The summed E-state index contributed by atoms with van der Waals surface area (Å²) in [5.74, 6) is 8.60. The molecular formula is C82H129FO4. The zero-order valence-electron chi connectivity index (χ0n) is 60.5. The number of carboxylic acid groups (broad SMARTS) is 1. The largest absolute Gasteiger partial charge is 0.481 e. The van der Waals surface area contributed by atoms with Gasteiger partial charge < -0.3 is 10.2 Å². The van der Waals surface area contributed by atoms with Crippen LogP contribution in [0.15, 0.2) is 164 Å². The number of Topliss-reactive ketones (excluding diaryl/α,β-unsaturated/α-hetero) is 1. The first-order valence-corrected chi connectivity index (χ1v) is 32.3. The van der Waals surface area contributed by atoms with Crippen LogP contribution in [0.2, 0.25) is 0 Å². The molecule has 0 fully saturated rings. The van der Waals surface area contributed by atoms with Gasteiger partial charge in [0.2, 0.25) is 0 Å². The van der Waals surface area contributed by atoms with Crippen LogP contribution in [0.3, 0.4) is 0 Å². The zero-order valence-corrected chi connectivity index (χ0v) is 60.5. The van der Waals surface area contributed by atoms with Gasteiger partial charge in [0.25, 0.3) is 0 Å². The van der Waals surface area contributed by atoms with E-state index in [-0.39, 0.29) is 29.5 Å². The Labute approximate surface area is 536 Å². The molecule has 5 heteroatoms. The Morgan fingerprint density at radius 1 is 0.460 bits per heavy atom. The van der Waals surface area contributed by atoms with Crippen molar-refractivity contribution in [2.75, 3.05) is 0 Å². The zero-order chi connectivity index (χ0) is 68.4. The Morgan fingerprint density at radius 2 is 0.770 bits per heavy atom. The van der Waals surface area contributed by atoms with Crippen LogP contribution < -0.4 is 0 Å². The molecule has 1 unspecified atom stereocenters. The number of hydrogen-bond donors (Lipinski definition) is 2. The van der Waals surface area contributed by atoms with Crippen molar-refractivity contribution >= 4 is 22.5 Å². The van der Waals surface area contributed by atoms with Gasteiger partial charge in [-0.2, -0.15) is 0 Å². The molecule has 0 bridgehead atoms. The number of fused-ring (bicyclic) bond motifs is 1. The van der Waals surface area contributed by atoms with E-state index in [0.29, 0.717) is 35.5 Å². The number of benzene rings is 6. The summed E-state index contributed by atoms with van der Waals surface area (Å²) in [5.41, 5.74) is 7.99. The van der Waals surface area contributed by atoms with Crippen molar-refractivity contribution in [3.63, 3.8) is 0 Å². The lowest BCUT2D eigenvalue weighted by Crippen LogP contribution is -2.07. The number of ketones is 1. The molecule has 87 heavy (non-hydrogen) atoms. The van der Waals surface area contributed by atoms with Crippen molar-refractivity contribution in [2.24, 2.45) is 47.3 Å². The van der Waals surface area contributed by atoms with E-state index in [1.807, 2.05) is 58.9 Å². The molecule has 0 aliphatic rings. The Morgan fingerprint density at radius 3 is 1.02 bits per heavy atom. The predicted molar refractivity (Wildman–Crippen MR) is 388 cm³/mol.